The van der Waals surface area contributed by atoms with Gasteiger partial charge in [0.2, 0.25) is 5.91 Å². The van der Waals surface area contributed by atoms with Gasteiger partial charge in [-0.25, -0.2) is 0 Å². The van der Waals surface area contributed by atoms with Gasteiger partial charge in [-0.05, 0) is 44.5 Å². The molecule has 5 nitrogen and oxygen atoms in total. The molecule has 21 heavy (non-hydrogen) atoms. The van der Waals surface area contributed by atoms with Crippen LogP contribution in [0, 0.1) is 5.41 Å². The molecule has 0 saturated carbocycles. The fraction of sp³-hybridized carbons (Fsp3) is 0.467. The minimum absolute atomic E-state index is 0. The Bertz CT molecular complexity index is 513. The maximum absolute atomic E-state index is 12.4. The van der Waals surface area contributed by atoms with Crippen molar-refractivity contribution in [1.82, 2.24) is 10.6 Å². The molecule has 0 aliphatic carbocycles. The van der Waals surface area contributed by atoms with Gasteiger partial charge in [0, 0.05) is 24.8 Å². The number of anilines is 1. The molecule has 6 heteroatoms. The summed E-state index contributed by atoms with van der Waals surface area (Å²) in [5.74, 6) is -0.162. The summed E-state index contributed by atoms with van der Waals surface area (Å²) in [6.07, 6.45) is 1.88. The van der Waals surface area contributed by atoms with E-state index >= 15 is 0 Å². The van der Waals surface area contributed by atoms with Gasteiger partial charge in [0.1, 0.15) is 0 Å². The van der Waals surface area contributed by atoms with Crippen LogP contribution < -0.4 is 16.0 Å². The molecule has 3 N–H and O–H groups in total. The van der Waals surface area contributed by atoms with Crippen molar-refractivity contribution in [2.75, 3.05) is 25.5 Å². The van der Waals surface area contributed by atoms with Crippen molar-refractivity contribution in [1.29, 1.82) is 0 Å². The molecular weight excluding hydrogens is 290 g/mol. The van der Waals surface area contributed by atoms with E-state index in [1.54, 1.807) is 31.3 Å². The van der Waals surface area contributed by atoms with E-state index < -0.39 is 0 Å². The Kier molecular flexibility index (Phi) is 6.18. The Balaban J connectivity index is 0.00000220. The van der Waals surface area contributed by atoms with Crippen molar-refractivity contribution >= 4 is 29.9 Å². The summed E-state index contributed by atoms with van der Waals surface area (Å²) in [4.78, 5) is 24.0. The van der Waals surface area contributed by atoms with E-state index in [4.69, 9.17) is 0 Å². The molecule has 1 fully saturated rings. The molecule has 0 bridgehead atoms. The van der Waals surface area contributed by atoms with Crippen molar-refractivity contribution in [3.8, 4) is 0 Å². The summed E-state index contributed by atoms with van der Waals surface area (Å²) in [6, 6.07) is 6.97. The number of carbonyl (C=O) groups excluding carboxylic acids is 2. The first-order valence-electron chi connectivity index (χ1n) is 6.89. The monoisotopic (exact) mass is 311 g/mol. The predicted molar refractivity (Wildman–Crippen MR) is 85.9 cm³/mol. The lowest BCUT2D eigenvalue weighted by atomic mass is 9.82. The fourth-order valence-corrected chi connectivity index (χ4v) is 2.41. The highest BCUT2D eigenvalue weighted by Gasteiger charge is 2.34. The van der Waals surface area contributed by atoms with Crippen LogP contribution in [0.1, 0.15) is 30.1 Å². The predicted octanol–water partition coefficient (Wildman–Crippen LogP) is 1.80. The van der Waals surface area contributed by atoms with E-state index in [9.17, 15) is 9.59 Å². The van der Waals surface area contributed by atoms with Crippen LogP contribution in [0.4, 0.5) is 5.69 Å². The minimum atomic E-state index is -0.388. The number of halogens is 1. The molecule has 1 saturated heterocycles. The Labute approximate surface area is 131 Å². The van der Waals surface area contributed by atoms with Gasteiger partial charge in [0.25, 0.3) is 5.91 Å². The molecule has 1 aromatic carbocycles. The van der Waals surface area contributed by atoms with Gasteiger partial charge in [-0.3, -0.25) is 9.59 Å². The number of rotatable bonds is 3. The lowest BCUT2D eigenvalue weighted by molar-refractivity contribution is -0.125. The minimum Gasteiger partial charge on any atom is -0.355 e. The van der Waals surface area contributed by atoms with Crippen molar-refractivity contribution in [3.63, 3.8) is 0 Å². The van der Waals surface area contributed by atoms with E-state index in [0.717, 1.165) is 19.4 Å². The third-order valence-corrected chi connectivity index (χ3v) is 3.76. The largest absolute Gasteiger partial charge is 0.355 e. The topological polar surface area (TPSA) is 70.2 Å². The zero-order valence-corrected chi connectivity index (χ0v) is 13.2. The molecule has 1 aliphatic heterocycles. The highest BCUT2D eigenvalue weighted by molar-refractivity contribution is 5.98. The molecule has 1 atom stereocenters. The van der Waals surface area contributed by atoms with E-state index in [1.807, 2.05) is 6.92 Å². The molecule has 2 amide bonds. The van der Waals surface area contributed by atoms with E-state index in [0.29, 0.717) is 17.8 Å². The molecule has 1 aromatic rings. The fourth-order valence-electron chi connectivity index (χ4n) is 2.41. The van der Waals surface area contributed by atoms with Crippen molar-refractivity contribution in [3.05, 3.63) is 29.8 Å². The number of benzene rings is 1. The lowest BCUT2D eigenvalue weighted by Gasteiger charge is -2.32. The van der Waals surface area contributed by atoms with Crippen LogP contribution in [0.3, 0.4) is 0 Å². The normalized spacial score (nSPS) is 21.0. The quantitative estimate of drug-likeness (QED) is 0.797. The molecule has 1 unspecified atom stereocenters. The number of nitrogens with one attached hydrogen (secondary N) is 3. The van der Waals surface area contributed by atoms with Crippen LogP contribution >= 0.6 is 12.4 Å². The summed E-state index contributed by atoms with van der Waals surface area (Å²) in [7, 11) is 1.59. The average molecular weight is 312 g/mol. The van der Waals surface area contributed by atoms with Gasteiger partial charge < -0.3 is 16.0 Å². The molecule has 2 rings (SSSR count). The average Bonchev–Trinajstić information content (AvgIpc) is 2.47. The number of piperidine rings is 1. The molecular formula is C15H22ClN3O2. The van der Waals surface area contributed by atoms with Crippen molar-refractivity contribution in [2.24, 2.45) is 5.41 Å². The summed E-state index contributed by atoms with van der Waals surface area (Å²) in [5, 5.41) is 8.74. The maximum atomic E-state index is 12.4. The van der Waals surface area contributed by atoms with Gasteiger partial charge in [0.05, 0.1) is 5.41 Å². The smallest absolute Gasteiger partial charge is 0.251 e. The standard InChI is InChI=1S/C15H21N3O2.ClH/c1-15(7-4-8-17-10-15)14(20)18-12-6-3-5-11(9-12)13(19)16-2;/h3,5-6,9,17H,4,7-8,10H2,1-2H3,(H,16,19)(H,18,20);1H. The molecule has 116 valence electrons. The highest BCUT2D eigenvalue weighted by Crippen LogP contribution is 2.27. The number of hydrogen-bond donors (Lipinski definition) is 3. The van der Waals surface area contributed by atoms with Crippen LogP contribution in [0.2, 0.25) is 0 Å². The summed E-state index contributed by atoms with van der Waals surface area (Å²) < 4.78 is 0. The lowest BCUT2D eigenvalue weighted by Crippen LogP contribution is -2.46. The van der Waals surface area contributed by atoms with Gasteiger partial charge in [-0.2, -0.15) is 0 Å². The first-order chi connectivity index (χ1) is 9.55. The summed E-state index contributed by atoms with van der Waals surface area (Å²) in [5.41, 5.74) is 0.807. The van der Waals surface area contributed by atoms with Gasteiger partial charge in [0.15, 0.2) is 0 Å². The Hall–Kier alpha value is -1.59. The van der Waals surface area contributed by atoms with Crippen LogP contribution in [0.5, 0.6) is 0 Å². The second kappa shape index (κ2) is 7.43. The third-order valence-electron chi connectivity index (χ3n) is 3.76. The third kappa shape index (κ3) is 4.19. The van der Waals surface area contributed by atoms with Gasteiger partial charge in [-0.15, -0.1) is 12.4 Å². The van der Waals surface area contributed by atoms with Gasteiger partial charge >= 0.3 is 0 Å². The second-order valence-electron chi connectivity index (χ2n) is 5.46. The van der Waals surface area contributed by atoms with Crippen LogP contribution in [0.25, 0.3) is 0 Å². The first kappa shape index (κ1) is 17.5. The molecule has 0 spiro atoms. The highest BCUT2D eigenvalue weighted by atomic mass is 35.5. The zero-order chi connectivity index (χ0) is 14.6. The molecule has 1 heterocycles. The number of amides is 2. The first-order valence-corrected chi connectivity index (χ1v) is 6.89. The zero-order valence-electron chi connectivity index (χ0n) is 12.4. The SMILES string of the molecule is CNC(=O)c1cccc(NC(=O)C2(C)CCCNC2)c1.Cl. The molecule has 0 radical (unpaired) electrons. The summed E-state index contributed by atoms with van der Waals surface area (Å²) >= 11 is 0. The second-order valence-corrected chi connectivity index (χ2v) is 5.46. The summed E-state index contributed by atoms with van der Waals surface area (Å²) in [6.45, 7) is 3.63. The van der Waals surface area contributed by atoms with E-state index in [1.165, 1.54) is 0 Å². The molecule has 0 aromatic heterocycles. The Morgan fingerprint density at radius 2 is 2.10 bits per heavy atom. The number of hydrogen-bond acceptors (Lipinski definition) is 3. The van der Waals surface area contributed by atoms with Crippen LogP contribution in [-0.2, 0) is 4.79 Å². The van der Waals surface area contributed by atoms with E-state index in [-0.39, 0.29) is 29.6 Å². The van der Waals surface area contributed by atoms with E-state index in [2.05, 4.69) is 16.0 Å². The Morgan fingerprint density at radius 3 is 2.71 bits per heavy atom. The van der Waals surface area contributed by atoms with Crippen molar-refractivity contribution < 1.29 is 9.59 Å². The Morgan fingerprint density at radius 1 is 1.33 bits per heavy atom. The molecule has 1 aliphatic rings. The van der Waals surface area contributed by atoms with Gasteiger partial charge in [-0.1, -0.05) is 6.07 Å². The maximum Gasteiger partial charge on any atom is 0.251 e. The van der Waals surface area contributed by atoms with Crippen LogP contribution in [-0.4, -0.2) is 32.0 Å². The van der Waals surface area contributed by atoms with Crippen LogP contribution in [0.15, 0.2) is 24.3 Å². The van der Waals surface area contributed by atoms with Crippen molar-refractivity contribution in [2.45, 2.75) is 19.8 Å². The number of carbonyl (C=O) groups is 2.